The number of nitriles is 1. The Morgan fingerprint density at radius 1 is 1.26 bits per heavy atom. The number of anilines is 1. The lowest BCUT2D eigenvalue weighted by Crippen LogP contribution is -2.14. The number of halogens is 1. The average Bonchev–Trinajstić information content (AvgIpc) is 3.01. The van der Waals surface area contributed by atoms with Crippen LogP contribution in [0.4, 0.5) is 10.1 Å². The maximum atomic E-state index is 14.2. The summed E-state index contributed by atoms with van der Waals surface area (Å²) < 4.78 is 31.6. The predicted molar refractivity (Wildman–Crippen MR) is 116 cm³/mol. The smallest absolute Gasteiger partial charge is 0.266 e. The number of methoxy groups -OCH3 is 2. The van der Waals surface area contributed by atoms with Crippen molar-refractivity contribution in [1.29, 1.82) is 5.26 Å². The molecule has 0 aliphatic heterocycles. The van der Waals surface area contributed by atoms with Crippen LogP contribution in [0.15, 0.2) is 29.8 Å². The van der Waals surface area contributed by atoms with E-state index in [-0.39, 0.29) is 29.7 Å². The molecule has 1 unspecified atom stereocenters. The molecular formula is C23H28FN3O4. The first kappa shape index (κ1) is 24.1. The van der Waals surface area contributed by atoms with Crippen molar-refractivity contribution in [3.8, 4) is 11.8 Å². The van der Waals surface area contributed by atoms with Crippen LogP contribution < -0.4 is 10.1 Å². The number of nitrogens with zero attached hydrogens (tertiary/aromatic N) is 2. The fourth-order valence-electron chi connectivity index (χ4n) is 3.38. The average molecular weight is 429 g/mol. The third-order valence-electron chi connectivity index (χ3n) is 4.77. The van der Waals surface area contributed by atoms with E-state index in [2.05, 4.69) is 9.88 Å². The molecule has 0 aliphatic rings. The van der Waals surface area contributed by atoms with Crippen LogP contribution in [0.3, 0.4) is 0 Å². The molecular weight excluding hydrogens is 401 g/mol. The number of aromatic nitrogens is 1. The van der Waals surface area contributed by atoms with E-state index in [0.29, 0.717) is 13.2 Å². The number of hydrogen-bond acceptors (Lipinski definition) is 5. The molecule has 0 spiro atoms. The summed E-state index contributed by atoms with van der Waals surface area (Å²) in [5.41, 5.74) is 2.82. The predicted octanol–water partition coefficient (Wildman–Crippen LogP) is 4.02. The van der Waals surface area contributed by atoms with Gasteiger partial charge in [0.15, 0.2) is 11.6 Å². The molecule has 166 valence electrons. The first-order valence-corrected chi connectivity index (χ1v) is 9.84. The molecule has 7 nitrogen and oxygen atoms in total. The Labute approximate surface area is 182 Å². The van der Waals surface area contributed by atoms with Crippen LogP contribution in [-0.2, 0) is 14.3 Å². The molecule has 0 saturated heterocycles. The topological polar surface area (TPSA) is 85.5 Å². The Balaban J connectivity index is 2.19. The normalized spacial score (nSPS) is 12.4. The second-order valence-electron chi connectivity index (χ2n) is 7.11. The Bertz CT molecular complexity index is 991. The van der Waals surface area contributed by atoms with Gasteiger partial charge in [-0.3, -0.25) is 4.79 Å². The number of hydrogen-bond donors (Lipinski definition) is 1. The van der Waals surface area contributed by atoms with Crippen LogP contribution >= 0.6 is 0 Å². The van der Waals surface area contributed by atoms with Crippen LogP contribution in [0.1, 0.15) is 29.9 Å². The lowest BCUT2D eigenvalue weighted by Gasteiger charge is -2.17. The number of aryl methyl sites for hydroxylation is 1. The van der Waals surface area contributed by atoms with E-state index < -0.39 is 11.7 Å². The fraction of sp³-hybridized carbons (Fsp3) is 0.391. The van der Waals surface area contributed by atoms with Crippen molar-refractivity contribution in [2.45, 2.75) is 26.8 Å². The van der Waals surface area contributed by atoms with Crippen molar-refractivity contribution in [2.24, 2.45) is 0 Å². The summed E-state index contributed by atoms with van der Waals surface area (Å²) in [6.07, 6.45) is 1.53. The van der Waals surface area contributed by atoms with Crippen molar-refractivity contribution in [1.82, 2.24) is 4.57 Å². The summed E-state index contributed by atoms with van der Waals surface area (Å²) in [6.45, 7) is 7.01. The number of nitrogens with one attached hydrogen (secondary N) is 1. The molecule has 1 atom stereocenters. The highest BCUT2D eigenvalue weighted by Gasteiger charge is 2.16. The van der Waals surface area contributed by atoms with E-state index in [9.17, 15) is 14.4 Å². The quantitative estimate of drug-likeness (QED) is 0.350. The van der Waals surface area contributed by atoms with Crippen LogP contribution in [0.2, 0.25) is 0 Å². The van der Waals surface area contributed by atoms with Gasteiger partial charge in [0.05, 0.1) is 19.3 Å². The molecule has 1 aromatic carbocycles. The molecule has 31 heavy (non-hydrogen) atoms. The minimum Gasteiger partial charge on any atom is -0.488 e. The summed E-state index contributed by atoms with van der Waals surface area (Å²) in [6, 6.07) is 8.02. The molecule has 0 bridgehead atoms. The van der Waals surface area contributed by atoms with Crippen molar-refractivity contribution in [3.05, 3.63) is 52.6 Å². The SMILES string of the molecule is COCCOc1ccc(NC(=O)/C(C#N)=C/c2cc(C)n(C(C)COC)c2C)cc1F. The van der Waals surface area contributed by atoms with Crippen LogP contribution in [0, 0.1) is 31.0 Å². The third kappa shape index (κ3) is 6.17. The molecule has 0 fully saturated rings. The summed E-state index contributed by atoms with van der Waals surface area (Å²) in [5, 5.41) is 12.1. The summed E-state index contributed by atoms with van der Waals surface area (Å²) in [7, 11) is 3.17. The third-order valence-corrected chi connectivity index (χ3v) is 4.77. The highest BCUT2D eigenvalue weighted by atomic mass is 19.1. The number of benzene rings is 1. The van der Waals surface area contributed by atoms with Gasteiger partial charge in [0.25, 0.3) is 5.91 Å². The Kier molecular flexibility index (Phi) is 8.79. The van der Waals surface area contributed by atoms with E-state index in [1.54, 1.807) is 7.11 Å². The van der Waals surface area contributed by atoms with Gasteiger partial charge in [0, 0.05) is 37.4 Å². The second-order valence-corrected chi connectivity index (χ2v) is 7.11. The van der Waals surface area contributed by atoms with Crippen molar-refractivity contribution in [3.63, 3.8) is 0 Å². The summed E-state index contributed by atoms with van der Waals surface area (Å²) in [5.74, 6) is -1.18. The van der Waals surface area contributed by atoms with Gasteiger partial charge in [0.1, 0.15) is 18.2 Å². The van der Waals surface area contributed by atoms with Gasteiger partial charge >= 0.3 is 0 Å². The van der Waals surface area contributed by atoms with Gasteiger partial charge in [0.2, 0.25) is 0 Å². The first-order valence-electron chi connectivity index (χ1n) is 9.84. The highest BCUT2D eigenvalue weighted by Crippen LogP contribution is 2.24. The van der Waals surface area contributed by atoms with Gasteiger partial charge < -0.3 is 24.1 Å². The van der Waals surface area contributed by atoms with Gasteiger partial charge in [-0.1, -0.05) is 0 Å². The Morgan fingerprint density at radius 3 is 2.61 bits per heavy atom. The minimum absolute atomic E-state index is 0.0590. The second kappa shape index (κ2) is 11.3. The molecule has 1 heterocycles. The lowest BCUT2D eigenvalue weighted by atomic mass is 10.1. The van der Waals surface area contributed by atoms with Crippen molar-refractivity contribution >= 4 is 17.7 Å². The molecule has 0 radical (unpaired) electrons. The van der Waals surface area contributed by atoms with Crippen LogP contribution in [0.5, 0.6) is 5.75 Å². The Morgan fingerprint density at radius 2 is 2.00 bits per heavy atom. The lowest BCUT2D eigenvalue weighted by molar-refractivity contribution is -0.112. The molecule has 1 aromatic heterocycles. The largest absolute Gasteiger partial charge is 0.488 e. The van der Waals surface area contributed by atoms with Crippen LogP contribution in [-0.4, -0.2) is 44.5 Å². The number of carbonyl (C=O) groups is 1. The van der Waals surface area contributed by atoms with Gasteiger partial charge in [-0.05, 0) is 50.6 Å². The molecule has 2 rings (SSSR count). The molecule has 0 aliphatic carbocycles. The zero-order valence-electron chi connectivity index (χ0n) is 18.5. The number of carbonyl (C=O) groups excluding carboxylic acids is 1. The minimum atomic E-state index is -0.621. The number of rotatable bonds is 10. The number of amides is 1. The molecule has 1 amide bonds. The molecule has 8 heteroatoms. The van der Waals surface area contributed by atoms with E-state index in [1.807, 2.05) is 32.9 Å². The molecule has 1 N–H and O–H groups in total. The summed E-state index contributed by atoms with van der Waals surface area (Å²) >= 11 is 0. The number of ether oxygens (including phenoxy) is 3. The van der Waals surface area contributed by atoms with Gasteiger partial charge in [-0.2, -0.15) is 5.26 Å². The van der Waals surface area contributed by atoms with E-state index >= 15 is 0 Å². The van der Waals surface area contributed by atoms with Crippen molar-refractivity contribution in [2.75, 3.05) is 39.4 Å². The van der Waals surface area contributed by atoms with Gasteiger partial charge in [-0.15, -0.1) is 0 Å². The maximum Gasteiger partial charge on any atom is 0.266 e. The van der Waals surface area contributed by atoms with E-state index in [4.69, 9.17) is 14.2 Å². The zero-order valence-corrected chi connectivity index (χ0v) is 18.5. The fourth-order valence-corrected chi connectivity index (χ4v) is 3.38. The molecule has 2 aromatic rings. The Hall–Kier alpha value is -3.15. The first-order chi connectivity index (χ1) is 14.8. The standard InChI is InChI=1S/C23H28FN3O4/c1-15-10-18(17(3)27(15)16(2)14-30-5)11-19(13-25)23(28)26-20-6-7-22(21(24)12-20)31-9-8-29-4/h6-7,10-12,16H,8-9,14H2,1-5H3,(H,26,28)/b19-11+. The van der Waals surface area contributed by atoms with E-state index in [0.717, 1.165) is 23.0 Å². The zero-order chi connectivity index (χ0) is 23.0. The van der Waals surface area contributed by atoms with Gasteiger partial charge in [-0.25, -0.2) is 4.39 Å². The molecule has 0 saturated carbocycles. The summed E-state index contributed by atoms with van der Waals surface area (Å²) in [4.78, 5) is 12.6. The van der Waals surface area contributed by atoms with Crippen LogP contribution in [0.25, 0.3) is 6.08 Å². The monoisotopic (exact) mass is 429 g/mol. The van der Waals surface area contributed by atoms with E-state index in [1.165, 1.54) is 25.3 Å². The van der Waals surface area contributed by atoms with Crippen molar-refractivity contribution < 1.29 is 23.4 Å². The highest BCUT2D eigenvalue weighted by molar-refractivity contribution is 6.09. The maximum absolute atomic E-state index is 14.2.